The number of carboxylic acid groups (broad SMARTS) is 1. The van der Waals surface area contributed by atoms with Crippen molar-refractivity contribution >= 4 is 12.0 Å². The number of methoxy groups -OCH3 is 1. The Bertz CT molecular complexity index is 884. The molecule has 4 heteroatoms. The third kappa shape index (κ3) is 3.95. The molecule has 0 fully saturated rings. The summed E-state index contributed by atoms with van der Waals surface area (Å²) >= 11 is 0. The Kier molecular flexibility index (Phi) is 4.94. The molecule has 1 aromatic heterocycles. The van der Waals surface area contributed by atoms with Crippen molar-refractivity contribution < 1.29 is 19.1 Å². The molecule has 1 aromatic carbocycles. The highest BCUT2D eigenvalue weighted by molar-refractivity contribution is 5.84. The second kappa shape index (κ2) is 6.91. The number of hydrogen-bond donors (Lipinski definition) is 1. The molecule has 0 aliphatic heterocycles. The first-order chi connectivity index (χ1) is 12.6. The second-order valence-corrected chi connectivity index (χ2v) is 8.68. The van der Waals surface area contributed by atoms with Crippen LogP contribution in [0.1, 0.15) is 68.6 Å². The minimum absolute atomic E-state index is 0.137. The summed E-state index contributed by atoms with van der Waals surface area (Å²) in [6.45, 7) is 9.22. The van der Waals surface area contributed by atoms with Gasteiger partial charge in [-0.3, -0.25) is 0 Å². The highest BCUT2D eigenvalue weighted by Crippen LogP contribution is 2.47. The van der Waals surface area contributed by atoms with Gasteiger partial charge in [0, 0.05) is 12.5 Å². The lowest BCUT2D eigenvalue weighted by Gasteiger charge is -2.42. The van der Waals surface area contributed by atoms with Gasteiger partial charge in [0.1, 0.15) is 11.5 Å². The predicted molar refractivity (Wildman–Crippen MR) is 106 cm³/mol. The van der Waals surface area contributed by atoms with Crippen LogP contribution >= 0.6 is 0 Å². The van der Waals surface area contributed by atoms with E-state index < -0.39 is 5.97 Å². The van der Waals surface area contributed by atoms with Gasteiger partial charge in [0.25, 0.3) is 0 Å². The summed E-state index contributed by atoms with van der Waals surface area (Å²) in [5.74, 6) is 0.434. The number of carboxylic acids is 1. The van der Waals surface area contributed by atoms with Crippen LogP contribution in [0.25, 0.3) is 6.08 Å². The fourth-order valence-corrected chi connectivity index (χ4v) is 3.91. The molecule has 1 N–H and O–H groups in total. The molecule has 0 unspecified atom stereocenters. The van der Waals surface area contributed by atoms with Crippen LogP contribution in [0.5, 0.6) is 5.75 Å². The quantitative estimate of drug-likeness (QED) is 0.725. The van der Waals surface area contributed by atoms with Gasteiger partial charge in [0.15, 0.2) is 0 Å². The molecule has 4 nitrogen and oxygen atoms in total. The van der Waals surface area contributed by atoms with Crippen LogP contribution < -0.4 is 4.74 Å². The van der Waals surface area contributed by atoms with E-state index in [-0.39, 0.29) is 10.8 Å². The number of furan rings is 1. The predicted octanol–water partition coefficient (Wildman–Crippen LogP) is 5.33. The lowest BCUT2D eigenvalue weighted by atomic mass is 9.63. The Morgan fingerprint density at radius 3 is 2.37 bits per heavy atom. The van der Waals surface area contributed by atoms with Crippen molar-refractivity contribution in [3.05, 3.63) is 58.6 Å². The van der Waals surface area contributed by atoms with E-state index in [0.29, 0.717) is 12.2 Å². The van der Waals surface area contributed by atoms with E-state index >= 15 is 0 Å². The Balaban J connectivity index is 1.98. The molecule has 0 radical (unpaired) electrons. The molecule has 144 valence electrons. The van der Waals surface area contributed by atoms with Gasteiger partial charge in [-0.1, -0.05) is 33.8 Å². The van der Waals surface area contributed by atoms with E-state index in [1.54, 1.807) is 13.4 Å². The molecular weight excluding hydrogens is 340 g/mol. The zero-order valence-electron chi connectivity index (χ0n) is 16.8. The van der Waals surface area contributed by atoms with Crippen molar-refractivity contribution in [2.45, 2.75) is 57.8 Å². The van der Waals surface area contributed by atoms with Gasteiger partial charge < -0.3 is 14.3 Å². The van der Waals surface area contributed by atoms with Crippen LogP contribution in [-0.4, -0.2) is 18.2 Å². The van der Waals surface area contributed by atoms with Gasteiger partial charge >= 0.3 is 5.97 Å². The van der Waals surface area contributed by atoms with Gasteiger partial charge in [-0.25, -0.2) is 4.79 Å². The number of ether oxygens (including phenoxy) is 1. The number of carbonyl (C=O) groups is 1. The van der Waals surface area contributed by atoms with E-state index in [0.717, 1.165) is 35.8 Å². The highest BCUT2D eigenvalue weighted by Gasteiger charge is 2.37. The second-order valence-electron chi connectivity index (χ2n) is 8.68. The average molecular weight is 368 g/mol. The summed E-state index contributed by atoms with van der Waals surface area (Å²) < 4.78 is 11.2. The van der Waals surface area contributed by atoms with Crippen molar-refractivity contribution in [3.8, 4) is 5.75 Å². The van der Waals surface area contributed by atoms with E-state index in [2.05, 4.69) is 39.8 Å². The summed E-state index contributed by atoms with van der Waals surface area (Å²) in [6, 6.07) is 6.36. The normalized spacial score (nSPS) is 17.7. The van der Waals surface area contributed by atoms with E-state index in [9.17, 15) is 4.79 Å². The van der Waals surface area contributed by atoms with Gasteiger partial charge in [0.05, 0.1) is 13.4 Å². The van der Waals surface area contributed by atoms with Crippen molar-refractivity contribution in [3.63, 3.8) is 0 Å². The van der Waals surface area contributed by atoms with E-state index in [1.165, 1.54) is 17.2 Å². The summed E-state index contributed by atoms with van der Waals surface area (Å²) in [7, 11) is 1.71. The maximum atomic E-state index is 10.7. The van der Waals surface area contributed by atoms with Gasteiger partial charge in [-0.2, -0.15) is 0 Å². The maximum Gasteiger partial charge on any atom is 0.328 e. The summed E-state index contributed by atoms with van der Waals surface area (Å²) in [4.78, 5) is 10.7. The van der Waals surface area contributed by atoms with Crippen LogP contribution in [-0.2, 0) is 22.0 Å². The molecule has 0 saturated carbocycles. The number of hydrogen-bond acceptors (Lipinski definition) is 3. The molecule has 0 bridgehead atoms. The molecule has 3 rings (SSSR count). The number of rotatable bonds is 5. The lowest BCUT2D eigenvalue weighted by Crippen LogP contribution is -2.34. The monoisotopic (exact) mass is 368 g/mol. The van der Waals surface area contributed by atoms with E-state index in [4.69, 9.17) is 14.3 Å². The SMILES string of the molecule is COc1cc2c(cc1Cc1coc(/C=C/C(=O)O)c1)C(C)(C)CCC2(C)C. The summed E-state index contributed by atoms with van der Waals surface area (Å²) in [6.07, 6.45) is 7.21. The van der Waals surface area contributed by atoms with Gasteiger partial charge in [0.2, 0.25) is 0 Å². The number of aliphatic carboxylic acids is 1. The van der Waals surface area contributed by atoms with Crippen LogP contribution in [0.15, 0.2) is 35.0 Å². The molecule has 1 heterocycles. The van der Waals surface area contributed by atoms with Crippen molar-refractivity contribution in [1.82, 2.24) is 0 Å². The number of benzene rings is 1. The van der Waals surface area contributed by atoms with Crippen LogP contribution in [0.3, 0.4) is 0 Å². The average Bonchev–Trinajstić information content (AvgIpc) is 3.04. The first-order valence-electron chi connectivity index (χ1n) is 9.33. The number of fused-ring (bicyclic) bond motifs is 1. The first kappa shape index (κ1) is 19.3. The minimum atomic E-state index is -0.992. The smallest absolute Gasteiger partial charge is 0.328 e. The van der Waals surface area contributed by atoms with Crippen LogP contribution in [0.2, 0.25) is 0 Å². The van der Waals surface area contributed by atoms with Crippen molar-refractivity contribution in [2.75, 3.05) is 7.11 Å². The Labute approximate surface area is 160 Å². The summed E-state index contributed by atoms with van der Waals surface area (Å²) in [5, 5.41) is 8.74. The highest BCUT2D eigenvalue weighted by atomic mass is 16.5. The first-order valence-corrected chi connectivity index (χ1v) is 9.33. The molecule has 0 saturated heterocycles. The van der Waals surface area contributed by atoms with Crippen LogP contribution in [0.4, 0.5) is 0 Å². The van der Waals surface area contributed by atoms with Crippen LogP contribution in [0, 0.1) is 0 Å². The van der Waals surface area contributed by atoms with Crippen molar-refractivity contribution in [1.29, 1.82) is 0 Å². The molecule has 0 amide bonds. The fraction of sp³-hybridized carbons (Fsp3) is 0.435. The molecule has 2 aromatic rings. The standard InChI is InChI=1S/C23H28O4/c1-22(2)8-9-23(3,4)19-13-20(26-5)16(12-18(19)22)10-15-11-17(27-14-15)6-7-21(24)25/h6-7,11-14H,8-10H2,1-5H3,(H,24,25)/b7-6+. The zero-order valence-corrected chi connectivity index (χ0v) is 16.8. The van der Waals surface area contributed by atoms with E-state index in [1.807, 2.05) is 6.07 Å². The topological polar surface area (TPSA) is 59.7 Å². The van der Waals surface area contributed by atoms with Crippen molar-refractivity contribution in [2.24, 2.45) is 0 Å². The Hall–Kier alpha value is -2.49. The molecule has 27 heavy (non-hydrogen) atoms. The molecule has 0 atom stereocenters. The maximum absolute atomic E-state index is 10.7. The Morgan fingerprint density at radius 1 is 1.15 bits per heavy atom. The zero-order chi connectivity index (χ0) is 19.8. The molecular formula is C23H28O4. The van der Waals surface area contributed by atoms with Gasteiger partial charge in [-0.15, -0.1) is 0 Å². The lowest BCUT2D eigenvalue weighted by molar-refractivity contribution is -0.131. The molecule has 0 spiro atoms. The Morgan fingerprint density at radius 2 is 1.78 bits per heavy atom. The third-order valence-electron chi connectivity index (χ3n) is 5.71. The largest absolute Gasteiger partial charge is 0.496 e. The molecule has 1 aliphatic rings. The molecule has 1 aliphatic carbocycles. The fourth-order valence-electron chi connectivity index (χ4n) is 3.91. The summed E-state index contributed by atoms with van der Waals surface area (Å²) in [5.41, 5.74) is 5.15. The minimum Gasteiger partial charge on any atom is -0.496 e. The third-order valence-corrected chi connectivity index (χ3v) is 5.71. The van der Waals surface area contributed by atoms with Gasteiger partial charge in [-0.05, 0) is 64.1 Å².